The lowest BCUT2D eigenvalue weighted by atomic mass is 9.87. The largest absolute Gasteiger partial charge is 0.305 e. The highest BCUT2D eigenvalue weighted by Crippen LogP contribution is 2.27. The Morgan fingerprint density at radius 3 is 2.74 bits per heavy atom. The zero-order chi connectivity index (χ0) is 13.7. The van der Waals surface area contributed by atoms with Gasteiger partial charge in [0.25, 0.3) is 0 Å². The molecule has 19 heavy (non-hydrogen) atoms. The lowest BCUT2D eigenvalue weighted by Crippen LogP contribution is -2.61. The normalized spacial score (nSPS) is 28.5. The van der Waals surface area contributed by atoms with Crippen LogP contribution in [0.4, 0.5) is 4.39 Å². The van der Waals surface area contributed by atoms with Crippen LogP contribution in [0.5, 0.6) is 0 Å². The molecule has 2 nitrogen and oxygen atoms in total. The van der Waals surface area contributed by atoms with Crippen molar-refractivity contribution in [2.45, 2.75) is 38.3 Å². The first-order chi connectivity index (χ1) is 9.19. The molecule has 1 N–H and O–H groups in total. The maximum absolute atomic E-state index is 12.5. The molecule has 1 aromatic carbocycles. The third-order valence-corrected chi connectivity index (χ3v) is 4.22. The molecule has 2 rings (SSSR count). The Kier molecular flexibility index (Phi) is 4.94. The van der Waals surface area contributed by atoms with Gasteiger partial charge in [0.15, 0.2) is 0 Å². The van der Waals surface area contributed by atoms with E-state index in [0.717, 1.165) is 26.1 Å². The predicted octanol–water partition coefficient (Wildman–Crippen LogP) is 2.95. The third kappa shape index (κ3) is 3.34. The Morgan fingerprint density at radius 1 is 1.37 bits per heavy atom. The summed E-state index contributed by atoms with van der Waals surface area (Å²) in [6.07, 6.45) is 1.76. The summed E-state index contributed by atoms with van der Waals surface area (Å²) in [5.41, 5.74) is 1.29. The number of hydrogen-bond acceptors (Lipinski definition) is 2. The van der Waals surface area contributed by atoms with Gasteiger partial charge in [-0.25, -0.2) is 0 Å². The van der Waals surface area contributed by atoms with Gasteiger partial charge in [0.2, 0.25) is 0 Å². The molecule has 0 radical (unpaired) electrons. The van der Waals surface area contributed by atoms with Crippen molar-refractivity contribution < 1.29 is 4.39 Å². The molecule has 3 heteroatoms. The van der Waals surface area contributed by atoms with E-state index < -0.39 is 0 Å². The summed E-state index contributed by atoms with van der Waals surface area (Å²) < 4.78 is 12.5. The van der Waals surface area contributed by atoms with Crippen molar-refractivity contribution >= 4 is 0 Å². The number of hydrogen-bond donors (Lipinski definition) is 1. The lowest BCUT2D eigenvalue weighted by molar-refractivity contribution is 0.0802. The topological polar surface area (TPSA) is 15.3 Å². The van der Waals surface area contributed by atoms with E-state index in [1.54, 1.807) is 0 Å². The highest BCUT2D eigenvalue weighted by Gasteiger charge is 2.35. The Bertz CT molecular complexity index is 382. The second kappa shape index (κ2) is 6.49. The summed E-state index contributed by atoms with van der Waals surface area (Å²) in [4.78, 5) is 2.45. The molecular formula is C16H25FN2. The highest BCUT2D eigenvalue weighted by atomic mass is 19.1. The van der Waals surface area contributed by atoms with Crippen LogP contribution >= 0.6 is 0 Å². The molecule has 1 heterocycles. The van der Waals surface area contributed by atoms with Crippen molar-refractivity contribution in [1.29, 1.82) is 0 Å². The van der Waals surface area contributed by atoms with E-state index in [0.29, 0.717) is 12.5 Å². The van der Waals surface area contributed by atoms with E-state index in [2.05, 4.69) is 48.3 Å². The smallest absolute Gasteiger partial charge is 0.0906 e. The third-order valence-electron chi connectivity index (χ3n) is 4.22. The van der Waals surface area contributed by atoms with Crippen molar-refractivity contribution in [2.75, 3.05) is 26.3 Å². The van der Waals surface area contributed by atoms with Crippen LogP contribution in [0.25, 0.3) is 0 Å². The van der Waals surface area contributed by atoms with Gasteiger partial charge in [-0.05, 0) is 25.3 Å². The van der Waals surface area contributed by atoms with E-state index >= 15 is 0 Å². The maximum atomic E-state index is 12.5. The van der Waals surface area contributed by atoms with Gasteiger partial charge in [0.05, 0.1) is 12.2 Å². The monoisotopic (exact) mass is 264 g/mol. The van der Waals surface area contributed by atoms with E-state index in [1.807, 2.05) is 6.07 Å². The first kappa shape index (κ1) is 14.5. The standard InChI is InChI=1S/C16H25FN2/c1-3-15-12-18-16(2,13-19(15)11-7-10-17)14-8-5-4-6-9-14/h4-6,8-9,15,18H,3,7,10-13H2,1-2H3. The molecule has 0 amide bonds. The molecule has 0 aromatic heterocycles. The molecule has 1 saturated heterocycles. The van der Waals surface area contributed by atoms with E-state index in [-0.39, 0.29) is 12.2 Å². The van der Waals surface area contributed by atoms with E-state index in [9.17, 15) is 4.39 Å². The molecule has 2 unspecified atom stereocenters. The molecule has 106 valence electrons. The van der Waals surface area contributed by atoms with E-state index in [4.69, 9.17) is 0 Å². The molecular weight excluding hydrogens is 239 g/mol. The minimum atomic E-state index is -0.220. The van der Waals surface area contributed by atoms with Crippen LogP contribution in [0, 0.1) is 0 Å². The lowest BCUT2D eigenvalue weighted by Gasteiger charge is -2.46. The Balaban J connectivity index is 2.11. The summed E-state index contributed by atoms with van der Waals surface area (Å²) >= 11 is 0. The fourth-order valence-corrected chi connectivity index (χ4v) is 2.99. The van der Waals surface area contributed by atoms with Crippen molar-refractivity contribution in [2.24, 2.45) is 0 Å². The average molecular weight is 264 g/mol. The molecule has 0 bridgehead atoms. The number of alkyl halides is 1. The minimum absolute atomic E-state index is 0.0246. The summed E-state index contributed by atoms with van der Waals surface area (Å²) in [6.45, 7) is 7.03. The molecule has 1 fully saturated rings. The fourth-order valence-electron chi connectivity index (χ4n) is 2.99. The van der Waals surface area contributed by atoms with E-state index in [1.165, 1.54) is 5.56 Å². The molecule has 1 aliphatic rings. The number of nitrogens with zero attached hydrogens (tertiary/aromatic N) is 1. The quantitative estimate of drug-likeness (QED) is 0.879. The first-order valence-corrected chi connectivity index (χ1v) is 7.30. The minimum Gasteiger partial charge on any atom is -0.305 e. The predicted molar refractivity (Wildman–Crippen MR) is 78.0 cm³/mol. The summed E-state index contributed by atoms with van der Waals surface area (Å²) in [6, 6.07) is 11.1. The van der Waals surface area contributed by atoms with Gasteiger partial charge < -0.3 is 5.32 Å². The average Bonchev–Trinajstić information content (AvgIpc) is 2.46. The summed E-state index contributed by atoms with van der Waals surface area (Å²) in [5.74, 6) is 0. The van der Waals surface area contributed by atoms with Crippen LogP contribution in [0.3, 0.4) is 0 Å². The van der Waals surface area contributed by atoms with Crippen LogP contribution in [-0.2, 0) is 5.54 Å². The zero-order valence-electron chi connectivity index (χ0n) is 12.0. The zero-order valence-corrected chi connectivity index (χ0v) is 12.0. The van der Waals surface area contributed by atoms with Crippen molar-refractivity contribution in [3.8, 4) is 0 Å². The van der Waals surface area contributed by atoms with Crippen LogP contribution in [0.2, 0.25) is 0 Å². The molecule has 0 aliphatic carbocycles. The number of benzene rings is 1. The van der Waals surface area contributed by atoms with Crippen LogP contribution < -0.4 is 5.32 Å². The summed E-state index contributed by atoms with van der Waals surface area (Å²) in [5, 5.41) is 3.68. The van der Waals surface area contributed by atoms with Gasteiger partial charge in [-0.1, -0.05) is 37.3 Å². The van der Waals surface area contributed by atoms with Crippen LogP contribution in [0.1, 0.15) is 32.3 Å². The highest BCUT2D eigenvalue weighted by molar-refractivity contribution is 5.25. The SMILES string of the molecule is CCC1CNC(C)(c2ccccc2)CN1CCCF. The Morgan fingerprint density at radius 2 is 2.11 bits per heavy atom. The van der Waals surface area contributed by atoms with Crippen molar-refractivity contribution in [3.05, 3.63) is 35.9 Å². The second-order valence-corrected chi connectivity index (χ2v) is 5.65. The van der Waals surface area contributed by atoms with Gasteiger partial charge in [0.1, 0.15) is 0 Å². The van der Waals surface area contributed by atoms with Crippen molar-refractivity contribution in [1.82, 2.24) is 10.2 Å². The Labute approximate surface area is 116 Å². The van der Waals surface area contributed by atoms with Crippen LogP contribution in [0.15, 0.2) is 30.3 Å². The number of rotatable bonds is 5. The fraction of sp³-hybridized carbons (Fsp3) is 0.625. The summed E-state index contributed by atoms with van der Waals surface area (Å²) in [7, 11) is 0. The van der Waals surface area contributed by atoms with Gasteiger partial charge in [0, 0.05) is 25.7 Å². The van der Waals surface area contributed by atoms with Gasteiger partial charge in [-0.3, -0.25) is 9.29 Å². The number of piperazine rings is 1. The van der Waals surface area contributed by atoms with Gasteiger partial charge in [-0.15, -0.1) is 0 Å². The van der Waals surface area contributed by atoms with Crippen LogP contribution in [-0.4, -0.2) is 37.3 Å². The van der Waals surface area contributed by atoms with Gasteiger partial charge >= 0.3 is 0 Å². The maximum Gasteiger partial charge on any atom is 0.0906 e. The molecule has 1 aliphatic heterocycles. The Hall–Kier alpha value is -0.930. The first-order valence-electron chi connectivity index (χ1n) is 7.30. The number of nitrogens with one attached hydrogen (secondary N) is 1. The van der Waals surface area contributed by atoms with Crippen molar-refractivity contribution in [3.63, 3.8) is 0 Å². The van der Waals surface area contributed by atoms with Gasteiger partial charge in [-0.2, -0.15) is 0 Å². The molecule has 2 atom stereocenters. The second-order valence-electron chi connectivity index (χ2n) is 5.65. The molecule has 0 saturated carbocycles. The molecule has 0 spiro atoms. The molecule has 1 aromatic rings. The number of halogens is 1.